The van der Waals surface area contributed by atoms with E-state index in [4.69, 9.17) is 4.42 Å². The molecule has 0 aliphatic heterocycles. The Morgan fingerprint density at radius 3 is 2.27 bits per heavy atom. The van der Waals surface area contributed by atoms with Crippen LogP contribution < -0.4 is 0 Å². The Labute approximate surface area is 148 Å². The van der Waals surface area contributed by atoms with Crippen molar-refractivity contribution in [1.82, 2.24) is 4.98 Å². The number of H-pyrrole nitrogens is 1. The van der Waals surface area contributed by atoms with Gasteiger partial charge in [0, 0.05) is 21.7 Å². The molecule has 2 nitrogen and oxygen atoms in total. The molecule has 5 aromatic carbocycles. The van der Waals surface area contributed by atoms with Crippen molar-refractivity contribution in [3.8, 4) is 0 Å². The molecule has 0 bridgehead atoms. The van der Waals surface area contributed by atoms with Crippen molar-refractivity contribution in [2.45, 2.75) is 0 Å². The van der Waals surface area contributed by atoms with Crippen LogP contribution in [0, 0.1) is 0 Å². The summed E-state index contributed by atoms with van der Waals surface area (Å²) in [5, 5.41) is 9.93. The van der Waals surface area contributed by atoms with Gasteiger partial charge in [-0.1, -0.05) is 48.5 Å². The van der Waals surface area contributed by atoms with E-state index < -0.39 is 0 Å². The van der Waals surface area contributed by atoms with Gasteiger partial charge in [0.2, 0.25) is 0 Å². The van der Waals surface area contributed by atoms with Gasteiger partial charge in [-0.3, -0.25) is 0 Å². The van der Waals surface area contributed by atoms with E-state index in [0.29, 0.717) is 0 Å². The fraction of sp³-hybridized carbons (Fsp3) is 0. The summed E-state index contributed by atoms with van der Waals surface area (Å²) in [6.07, 6.45) is 0. The topological polar surface area (TPSA) is 28.9 Å². The van der Waals surface area contributed by atoms with Gasteiger partial charge in [0.1, 0.15) is 11.2 Å². The van der Waals surface area contributed by atoms with Crippen LogP contribution in [0.5, 0.6) is 0 Å². The molecule has 0 fully saturated rings. The van der Waals surface area contributed by atoms with Crippen LogP contribution >= 0.6 is 0 Å². The van der Waals surface area contributed by atoms with Crippen LogP contribution in [0.2, 0.25) is 0 Å². The summed E-state index contributed by atoms with van der Waals surface area (Å²) in [6, 6.07) is 25.9. The summed E-state index contributed by atoms with van der Waals surface area (Å²) < 4.78 is 6.27. The third-order valence-electron chi connectivity index (χ3n) is 5.71. The first-order valence-corrected chi connectivity index (χ1v) is 8.87. The van der Waals surface area contributed by atoms with Gasteiger partial charge in [-0.25, -0.2) is 0 Å². The number of hydrogen-bond donors (Lipinski definition) is 1. The number of furan rings is 1. The Morgan fingerprint density at radius 2 is 1.35 bits per heavy atom. The number of fused-ring (bicyclic) bond motifs is 5. The standard InChI is InChI=1S/C24H13NO/c1-2-5-15-11-19-17(10-14(15)4-1)23-20(26-19)12-16-9-8-13-6-3-7-18-21(13)22(16)24(23)25-18/h1-12,25H. The first-order chi connectivity index (χ1) is 12.9. The van der Waals surface area contributed by atoms with Crippen molar-refractivity contribution in [1.29, 1.82) is 0 Å². The second kappa shape index (κ2) is 4.17. The Hall–Kier alpha value is -3.52. The number of aromatic amines is 1. The summed E-state index contributed by atoms with van der Waals surface area (Å²) >= 11 is 0. The fourth-order valence-corrected chi connectivity index (χ4v) is 4.58. The van der Waals surface area contributed by atoms with Crippen molar-refractivity contribution in [3.63, 3.8) is 0 Å². The summed E-state index contributed by atoms with van der Waals surface area (Å²) in [5.74, 6) is 0. The molecule has 0 aliphatic rings. The smallest absolute Gasteiger partial charge is 0.138 e. The molecule has 0 aliphatic carbocycles. The summed E-state index contributed by atoms with van der Waals surface area (Å²) in [6.45, 7) is 0. The number of nitrogens with one attached hydrogen (secondary N) is 1. The Kier molecular flexibility index (Phi) is 2.05. The molecule has 2 heterocycles. The average Bonchev–Trinajstić information content (AvgIpc) is 3.22. The summed E-state index contributed by atoms with van der Waals surface area (Å²) in [4.78, 5) is 3.67. The Morgan fingerprint density at radius 1 is 0.577 bits per heavy atom. The van der Waals surface area contributed by atoms with E-state index in [2.05, 4.69) is 77.8 Å². The minimum atomic E-state index is 0.942. The van der Waals surface area contributed by atoms with Crippen molar-refractivity contribution < 1.29 is 4.42 Å². The molecule has 2 heteroatoms. The second-order valence-electron chi connectivity index (χ2n) is 7.11. The molecule has 26 heavy (non-hydrogen) atoms. The monoisotopic (exact) mass is 331 g/mol. The lowest BCUT2D eigenvalue weighted by molar-refractivity contribution is 0.670. The van der Waals surface area contributed by atoms with Gasteiger partial charge < -0.3 is 9.40 Å². The highest BCUT2D eigenvalue weighted by Crippen LogP contribution is 2.42. The number of benzene rings is 5. The molecule has 0 amide bonds. The highest BCUT2D eigenvalue weighted by Gasteiger charge is 2.18. The van der Waals surface area contributed by atoms with E-state index in [1.165, 1.54) is 54.1 Å². The van der Waals surface area contributed by atoms with Gasteiger partial charge in [0.25, 0.3) is 0 Å². The van der Waals surface area contributed by atoms with Crippen molar-refractivity contribution >= 4 is 65.3 Å². The molecule has 0 atom stereocenters. The minimum Gasteiger partial charge on any atom is -0.456 e. The number of aromatic nitrogens is 1. The van der Waals surface area contributed by atoms with Crippen LogP contribution in [-0.4, -0.2) is 4.98 Å². The second-order valence-corrected chi connectivity index (χ2v) is 7.11. The van der Waals surface area contributed by atoms with E-state index in [1.807, 2.05) is 0 Å². The lowest BCUT2D eigenvalue weighted by atomic mass is 9.99. The lowest BCUT2D eigenvalue weighted by Crippen LogP contribution is -1.77. The molecule has 0 radical (unpaired) electrons. The molecule has 1 N–H and O–H groups in total. The first-order valence-electron chi connectivity index (χ1n) is 8.87. The third-order valence-corrected chi connectivity index (χ3v) is 5.71. The maximum atomic E-state index is 6.27. The van der Waals surface area contributed by atoms with Crippen LogP contribution in [-0.2, 0) is 0 Å². The molecule has 0 spiro atoms. The largest absolute Gasteiger partial charge is 0.456 e. The van der Waals surface area contributed by atoms with Crippen molar-refractivity contribution in [2.75, 3.05) is 0 Å². The van der Waals surface area contributed by atoms with Crippen LogP contribution in [0.1, 0.15) is 0 Å². The Balaban J connectivity index is 1.82. The quantitative estimate of drug-likeness (QED) is 0.299. The zero-order valence-electron chi connectivity index (χ0n) is 13.8. The minimum absolute atomic E-state index is 0.942. The molecule has 7 aromatic rings. The Bertz CT molecular complexity index is 1630. The van der Waals surface area contributed by atoms with Crippen molar-refractivity contribution in [3.05, 3.63) is 72.8 Å². The highest BCUT2D eigenvalue weighted by atomic mass is 16.3. The van der Waals surface area contributed by atoms with E-state index in [0.717, 1.165) is 11.2 Å². The predicted molar refractivity (Wildman–Crippen MR) is 109 cm³/mol. The summed E-state index contributed by atoms with van der Waals surface area (Å²) in [7, 11) is 0. The fourth-order valence-electron chi connectivity index (χ4n) is 4.58. The van der Waals surface area contributed by atoms with Gasteiger partial charge in [-0.05, 0) is 45.8 Å². The van der Waals surface area contributed by atoms with E-state index >= 15 is 0 Å². The normalized spacial score (nSPS) is 12.6. The number of hydrogen-bond acceptors (Lipinski definition) is 1. The van der Waals surface area contributed by atoms with Gasteiger partial charge in [0.15, 0.2) is 0 Å². The molecular formula is C24H13NO. The van der Waals surface area contributed by atoms with Crippen LogP contribution in [0.4, 0.5) is 0 Å². The SMILES string of the molecule is c1ccc2cc3c(cc2c1)oc1cc2ccc4cccc5[nH]c(c13)c2c45. The highest BCUT2D eigenvalue weighted by molar-refractivity contribution is 6.32. The first kappa shape index (κ1) is 12.8. The van der Waals surface area contributed by atoms with Gasteiger partial charge in [-0.2, -0.15) is 0 Å². The molecule has 0 saturated carbocycles. The molecule has 2 aromatic heterocycles. The maximum absolute atomic E-state index is 6.27. The van der Waals surface area contributed by atoms with E-state index in [9.17, 15) is 0 Å². The van der Waals surface area contributed by atoms with Crippen LogP contribution in [0.25, 0.3) is 65.3 Å². The zero-order chi connectivity index (χ0) is 16.8. The molecule has 120 valence electrons. The lowest BCUT2D eigenvalue weighted by Gasteiger charge is -2.02. The summed E-state index contributed by atoms with van der Waals surface area (Å²) in [5.41, 5.74) is 4.25. The maximum Gasteiger partial charge on any atom is 0.138 e. The van der Waals surface area contributed by atoms with Gasteiger partial charge in [-0.15, -0.1) is 0 Å². The number of rotatable bonds is 0. The molecular weight excluding hydrogens is 318 g/mol. The van der Waals surface area contributed by atoms with Crippen LogP contribution in [0.15, 0.2) is 77.2 Å². The molecule has 0 unspecified atom stereocenters. The average molecular weight is 331 g/mol. The van der Waals surface area contributed by atoms with E-state index in [1.54, 1.807) is 0 Å². The predicted octanol–water partition coefficient (Wildman–Crippen LogP) is 6.96. The van der Waals surface area contributed by atoms with Crippen molar-refractivity contribution in [2.24, 2.45) is 0 Å². The van der Waals surface area contributed by atoms with E-state index in [-0.39, 0.29) is 0 Å². The van der Waals surface area contributed by atoms with Gasteiger partial charge >= 0.3 is 0 Å². The van der Waals surface area contributed by atoms with Gasteiger partial charge in [0.05, 0.1) is 10.9 Å². The molecule has 7 rings (SSSR count). The molecule has 0 saturated heterocycles. The van der Waals surface area contributed by atoms with Crippen LogP contribution in [0.3, 0.4) is 0 Å². The third kappa shape index (κ3) is 1.40. The zero-order valence-corrected chi connectivity index (χ0v) is 13.8.